The number of amides is 1. The second-order valence-corrected chi connectivity index (χ2v) is 6.04. The Morgan fingerprint density at radius 1 is 1.17 bits per heavy atom. The Bertz CT molecular complexity index is 781. The molecule has 24 heavy (non-hydrogen) atoms. The quantitative estimate of drug-likeness (QED) is 0.848. The van der Waals surface area contributed by atoms with Gasteiger partial charge in [0, 0.05) is 5.69 Å². The number of para-hydroxylation sites is 1. The highest BCUT2D eigenvalue weighted by atomic mass is 16.5. The zero-order valence-electron chi connectivity index (χ0n) is 13.4. The first-order chi connectivity index (χ1) is 11.5. The number of ether oxygens (including phenoxy) is 1. The number of nitrogens with one attached hydrogen (secondary N) is 1. The third-order valence-corrected chi connectivity index (χ3v) is 4.02. The molecule has 0 atom stereocenters. The summed E-state index contributed by atoms with van der Waals surface area (Å²) in [5, 5.41) is 11.9. The largest absolute Gasteiger partial charge is 0.492 e. The van der Waals surface area contributed by atoms with E-state index in [0.29, 0.717) is 35.1 Å². The minimum atomic E-state index is -0.982. The van der Waals surface area contributed by atoms with Gasteiger partial charge in [-0.3, -0.25) is 4.79 Å². The minimum absolute atomic E-state index is 0.223. The molecular weight excluding hydrogens is 306 g/mol. The molecular formula is C19H19NO4. The Hall–Kier alpha value is -2.82. The molecule has 0 aromatic heterocycles. The molecule has 2 aromatic carbocycles. The van der Waals surface area contributed by atoms with Crippen LogP contribution in [0.25, 0.3) is 0 Å². The van der Waals surface area contributed by atoms with Crippen LogP contribution in [0.5, 0.6) is 5.75 Å². The predicted molar refractivity (Wildman–Crippen MR) is 90.8 cm³/mol. The Labute approximate surface area is 140 Å². The lowest BCUT2D eigenvalue weighted by molar-refractivity contribution is 0.0696. The van der Waals surface area contributed by atoms with Crippen LogP contribution < -0.4 is 10.1 Å². The van der Waals surface area contributed by atoms with Crippen LogP contribution >= 0.6 is 0 Å². The molecule has 1 saturated carbocycles. The van der Waals surface area contributed by atoms with Crippen molar-refractivity contribution in [3.8, 4) is 5.75 Å². The van der Waals surface area contributed by atoms with Crippen molar-refractivity contribution in [2.45, 2.75) is 19.8 Å². The molecule has 1 amide bonds. The lowest BCUT2D eigenvalue weighted by Gasteiger charge is -2.12. The number of hydrogen-bond acceptors (Lipinski definition) is 3. The standard InChI is InChI=1S/C19H19NO4/c1-12-10-14(8-9-15(12)19(22)23)20-18(21)16-4-2-3-5-17(16)24-11-13-6-7-13/h2-5,8-10,13H,6-7,11H2,1H3,(H,20,21)(H,22,23). The van der Waals surface area contributed by atoms with Crippen molar-refractivity contribution >= 4 is 17.6 Å². The van der Waals surface area contributed by atoms with Gasteiger partial charge in [-0.2, -0.15) is 0 Å². The Morgan fingerprint density at radius 2 is 1.92 bits per heavy atom. The molecule has 0 bridgehead atoms. The van der Waals surface area contributed by atoms with Gasteiger partial charge in [0.25, 0.3) is 5.91 Å². The number of carbonyl (C=O) groups excluding carboxylic acids is 1. The van der Waals surface area contributed by atoms with Crippen molar-refractivity contribution in [3.63, 3.8) is 0 Å². The van der Waals surface area contributed by atoms with Gasteiger partial charge >= 0.3 is 5.97 Å². The van der Waals surface area contributed by atoms with E-state index in [0.717, 1.165) is 0 Å². The van der Waals surface area contributed by atoms with Crippen LogP contribution in [-0.2, 0) is 0 Å². The third-order valence-electron chi connectivity index (χ3n) is 4.02. The SMILES string of the molecule is Cc1cc(NC(=O)c2ccccc2OCC2CC2)ccc1C(=O)O. The van der Waals surface area contributed by atoms with Crippen molar-refractivity contribution < 1.29 is 19.4 Å². The van der Waals surface area contributed by atoms with Gasteiger partial charge in [0.15, 0.2) is 0 Å². The average Bonchev–Trinajstić information content (AvgIpc) is 3.37. The Kier molecular flexibility index (Phi) is 4.51. The zero-order valence-corrected chi connectivity index (χ0v) is 13.4. The first kappa shape index (κ1) is 16.1. The molecule has 2 N–H and O–H groups in total. The fourth-order valence-electron chi connectivity index (χ4n) is 2.45. The van der Waals surface area contributed by atoms with Crippen molar-refractivity contribution in [3.05, 3.63) is 59.2 Å². The summed E-state index contributed by atoms with van der Waals surface area (Å²) in [4.78, 5) is 23.6. The average molecular weight is 325 g/mol. The molecule has 1 aliphatic rings. The van der Waals surface area contributed by atoms with Crippen LogP contribution in [0.1, 0.15) is 39.1 Å². The van der Waals surface area contributed by atoms with E-state index in [1.807, 2.05) is 6.07 Å². The molecule has 0 aliphatic heterocycles. The van der Waals surface area contributed by atoms with Gasteiger partial charge in [-0.15, -0.1) is 0 Å². The predicted octanol–water partition coefficient (Wildman–Crippen LogP) is 3.73. The van der Waals surface area contributed by atoms with Gasteiger partial charge in [0.1, 0.15) is 5.75 Å². The van der Waals surface area contributed by atoms with Gasteiger partial charge in [-0.1, -0.05) is 12.1 Å². The van der Waals surface area contributed by atoms with Crippen molar-refractivity contribution in [2.24, 2.45) is 5.92 Å². The van der Waals surface area contributed by atoms with E-state index in [9.17, 15) is 9.59 Å². The molecule has 3 rings (SSSR count). The topological polar surface area (TPSA) is 75.6 Å². The zero-order chi connectivity index (χ0) is 17.1. The number of carboxylic acid groups (broad SMARTS) is 1. The number of aryl methyl sites for hydroxylation is 1. The summed E-state index contributed by atoms with van der Waals surface area (Å²) < 4.78 is 5.76. The summed E-state index contributed by atoms with van der Waals surface area (Å²) in [6.45, 7) is 2.34. The van der Waals surface area contributed by atoms with Crippen LogP contribution in [0.4, 0.5) is 5.69 Å². The second kappa shape index (κ2) is 6.74. The summed E-state index contributed by atoms with van der Waals surface area (Å²) in [6, 6.07) is 11.9. The van der Waals surface area contributed by atoms with Gasteiger partial charge in [-0.05, 0) is 61.6 Å². The summed E-state index contributed by atoms with van der Waals surface area (Å²) >= 11 is 0. The normalized spacial score (nSPS) is 13.4. The summed E-state index contributed by atoms with van der Waals surface area (Å²) in [6.07, 6.45) is 2.37. The lowest BCUT2D eigenvalue weighted by atomic mass is 10.1. The highest BCUT2D eigenvalue weighted by molar-refractivity contribution is 6.06. The van der Waals surface area contributed by atoms with Crippen LogP contribution in [-0.4, -0.2) is 23.6 Å². The van der Waals surface area contributed by atoms with Gasteiger partial charge in [0.2, 0.25) is 0 Å². The van der Waals surface area contributed by atoms with Crippen molar-refractivity contribution in [2.75, 3.05) is 11.9 Å². The van der Waals surface area contributed by atoms with Gasteiger partial charge in [-0.25, -0.2) is 4.79 Å². The first-order valence-electron chi connectivity index (χ1n) is 7.91. The maximum Gasteiger partial charge on any atom is 0.335 e. The van der Waals surface area contributed by atoms with Crippen LogP contribution in [0, 0.1) is 12.8 Å². The minimum Gasteiger partial charge on any atom is -0.492 e. The first-order valence-corrected chi connectivity index (χ1v) is 7.91. The maximum atomic E-state index is 12.5. The van der Waals surface area contributed by atoms with Crippen molar-refractivity contribution in [1.82, 2.24) is 0 Å². The highest BCUT2D eigenvalue weighted by Crippen LogP contribution is 2.30. The van der Waals surface area contributed by atoms with Crippen LogP contribution in [0.15, 0.2) is 42.5 Å². The molecule has 1 fully saturated rings. The monoisotopic (exact) mass is 325 g/mol. The van der Waals surface area contributed by atoms with Gasteiger partial charge < -0.3 is 15.2 Å². The van der Waals surface area contributed by atoms with E-state index >= 15 is 0 Å². The lowest BCUT2D eigenvalue weighted by Crippen LogP contribution is -2.14. The fraction of sp³-hybridized carbons (Fsp3) is 0.263. The van der Waals surface area contributed by atoms with E-state index < -0.39 is 5.97 Å². The molecule has 5 heteroatoms. The second-order valence-electron chi connectivity index (χ2n) is 6.04. The smallest absolute Gasteiger partial charge is 0.335 e. The van der Waals surface area contributed by atoms with E-state index in [4.69, 9.17) is 9.84 Å². The number of carboxylic acids is 1. The van der Waals surface area contributed by atoms with E-state index in [-0.39, 0.29) is 11.5 Å². The van der Waals surface area contributed by atoms with Crippen LogP contribution in [0.2, 0.25) is 0 Å². The van der Waals surface area contributed by atoms with Gasteiger partial charge in [0.05, 0.1) is 17.7 Å². The highest BCUT2D eigenvalue weighted by Gasteiger charge is 2.23. The Morgan fingerprint density at radius 3 is 2.58 bits per heavy atom. The number of rotatable bonds is 6. The summed E-state index contributed by atoms with van der Waals surface area (Å²) in [5.74, 6) is -0.0822. The molecule has 1 aliphatic carbocycles. The number of carbonyl (C=O) groups is 2. The molecule has 0 spiro atoms. The van der Waals surface area contributed by atoms with Crippen LogP contribution in [0.3, 0.4) is 0 Å². The summed E-state index contributed by atoms with van der Waals surface area (Å²) in [7, 11) is 0. The number of anilines is 1. The summed E-state index contributed by atoms with van der Waals surface area (Å²) in [5.41, 5.74) is 1.84. The molecule has 0 heterocycles. The van der Waals surface area contributed by atoms with Crippen molar-refractivity contribution in [1.29, 1.82) is 0 Å². The number of aromatic carboxylic acids is 1. The molecule has 2 aromatic rings. The molecule has 0 saturated heterocycles. The number of hydrogen-bond donors (Lipinski definition) is 2. The molecule has 124 valence electrons. The van der Waals surface area contributed by atoms with E-state index in [1.165, 1.54) is 18.9 Å². The third kappa shape index (κ3) is 3.74. The molecule has 0 unspecified atom stereocenters. The Balaban J connectivity index is 1.74. The van der Waals surface area contributed by atoms with E-state index in [2.05, 4.69) is 5.32 Å². The number of benzene rings is 2. The molecule has 0 radical (unpaired) electrons. The molecule has 5 nitrogen and oxygen atoms in total. The maximum absolute atomic E-state index is 12.5. The van der Waals surface area contributed by atoms with E-state index in [1.54, 1.807) is 37.3 Å². The fourth-order valence-corrected chi connectivity index (χ4v) is 2.45.